The summed E-state index contributed by atoms with van der Waals surface area (Å²) in [5.74, 6) is 1.60. The van der Waals surface area contributed by atoms with Gasteiger partial charge >= 0.3 is 0 Å². The van der Waals surface area contributed by atoms with E-state index in [2.05, 4.69) is 218 Å². The highest BCUT2D eigenvalue weighted by Gasteiger charge is 2.43. The Kier molecular flexibility index (Phi) is 14.4. The van der Waals surface area contributed by atoms with Gasteiger partial charge < -0.3 is 10.1 Å². The second-order valence-corrected chi connectivity index (χ2v) is 24.6. The fourth-order valence-corrected chi connectivity index (χ4v) is 15.4. The summed E-state index contributed by atoms with van der Waals surface area (Å²) >= 11 is 0. The van der Waals surface area contributed by atoms with Crippen molar-refractivity contribution in [2.24, 2.45) is 11.8 Å². The maximum Gasteiger partial charge on any atom is 0.252 e. The molecule has 77 heavy (non-hydrogen) atoms. The van der Waals surface area contributed by atoms with Crippen LogP contribution in [0.4, 0.5) is 0 Å². The van der Waals surface area contributed by atoms with Crippen molar-refractivity contribution < 1.29 is 9.53 Å². The summed E-state index contributed by atoms with van der Waals surface area (Å²) in [6, 6.07) is 58.3. The molecule has 1 unspecified atom stereocenters. The zero-order valence-electron chi connectivity index (χ0n) is 46.2. The molecule has 8 aromatic carbocycles. The molecule has 386 valence electrons. The van der Waals surface area contributed by atoms with Gasteiger partial charge in [-0.25, -0.2) is 0 Å². The van der Waals surface area contributed by atoms with Crippen LogP contribution < -0.4 is 26.0 Å². The van der Waals surface area contributed by atoms with Gasteiger partial charge in [0.2, 0.25) is 0 Å². The molecular weight excluding hydrogens is 958 g/mol. The number of benzene rings is 8. The Morgan fingerprint density at radius 1 is 0.610 bits per heavy atom. The number of nitrogens with one attached hydrogen (secondary N) is 1. The molecule has 1 amide bonds. The van der Waals surface area contributed by atoms with Crippen LogP contribution in [0.5, 0.6) is 5.75 Å². The van der Waals surface area contributed by atoms with Crippen molar-refractivity contribution in [2.75, 3.05) is 20.2 Å². The van der Waals surface area contributed by atoms with Gasteiger partial charge in [0.15, 0.2) is 0 Å². The molecule has 6 heteroatoms. The van der Waals surface area contributed by atoms with Gasteiger partial charge in [0.05, 0.1) is 18.7 Å². The van der Waals surface area contributed by atoms with Crippen LogP contribution in [-0.2, 0) is 0 Å². The standard InChI is InChI=1S/C71H70N3O2P/c1-11-51-42-74-21-19-52(51)40-68(74)70(64-18-20-72-67-17-16-61(76-10)41-66(64)67)73-71(75)65-14-12-13-15-69(65)77(62-36-57(53-26-43(2)22-44(3)27-53)34-58(37-62)54-28-45(4)23-46(5)29-54)63-38-59(55-30-47(6)24-48(7)31-55)35-60(39-63)56-32-49(8)25-50(9)33-56/h11-18,20,22-39,41,51-52,68,70H,1,19,21,40,42H2,2-10H3,(H,73,75)/t51-,52-,68-,70-/m0/s1. The molecule has 5 nitrogen and oxygen atoms in total. The Balaban J connectivity index is 1.16. The second kappa shape index (κ2) is 21.5. The summed E-state index contributed by atoms with van der Waals surface area (Å²) in [6.07, 6.45) is 6.13. The first-order chi connectivity index (χ1) is 37.2. The lowest BCUT2D eigenvalue weighted by Crippen LogP contribution is -2.57. The van der Waals surface area contributed by atoms with Gasteiger partial charge in [-0.05, 0) is 227 Å². The number of hydrogen-bond donors (Lipinski definition) is 1. The van der Waals surface area contributed by atoms with Crippen molar-refractivity contribution in [1.29, 1.82) is 0 Å². The van der Waals surface area contributed by atoms with Gasteiger partial charge in [-0.15, -0.1) is 6.58 Å². The Morgan fingerprint density at radius 2 is 1.08 bits per heavy atom. The largest absolute Gasteiger partial charge is 0.497 e. The molecule has 5 atom stereocenters. The lowest BCUT2D eigenvalue weighted by atomic mass is 9.73. The Hall–Kier alpha value is -7.43. The number of carbonyl (C=O) groups excluding carboxylic acids is 1. The first-order valence-corrected chi connectivity index (χ1v) is 28.6. The second-order valence-electron chi connectivity index (χ2n) is 22.4. The van der Waals surface area contributed by atoms with Gasteiger partial charge in [-0.1, -0.05) is 142 Å². The molecular formula is C71H70N3O2P. The summed E-state index contributed by atoms with van der Waals surface area (Å²) in [5.41, 5.74) is 21.7. The number of methoxy groups -OCH3 is 1. The van der Waals surface area contributed by atoms with Crippen LogP contribution in [0.2, 0.25) is 0 Å². The van der Waals surface area contributed by atoms with Gasteiger partial charge in [0.25, 0.3) is 5.91 Å². The number of pyridine rings is 1. The van der Waals surface area contributed by atoms with E-state index in [0.717, 1.165) is 75.7 Å². The summed E-state index contributed by atoms with van der Waals surface area (Å²) < 4.78 is 5.82. The van der Waals surface area contributed by atoms with E-state index < -0.39 is 7.92 Å². The maximum atomic E-state index is 16.1. The number of ether oxygens (including phenoxy) is 1. The topological polar surface area (TPSA) is 54.5 Å². The Labute approximate surface area is 457 Å². The van der Waals surface area contributed by atoms with Gasteiger partial charge in [-0.2, -0.15) is 0 Å². The summed E-state index contributed by atoms with van der Waals surface area (Å²) in [6.45, 7) is 23.7. The average molecular weight is 1030 g/mol. The number of aromatic nitrogens is 1. The zero-order valence-corrected chi connectivity index (χ0v) is 47.1. The molecule has 4 heterocycles. The summed E-state index contributed by atoms with van der Waals surface area (Å²) in [5, 5.41) is 8.13. The number of fused-ring (bicyclic) bond motifs is 4. The molecule has 2 bridgehead atoms. The number of nitrogens with zero attached hydrogens (tertiary/aromatic N) is 2. The van der Waals surface area contributed by atoms with Crippen LogP contribution in [0.25, 0.3) is 55.4 Å². The monoisotopic (exact) mass is 1030 g/mol. The van der Waals surface area contributed by atoms with Crippen LogP contribution in [0.1, 0.15) is 79.3 Å². The molecule has 9 aromatic rings. The van der Waals surface area contributed by atoms with E-state index in [1.807, 2.05) is 24.4 Å². The van der Waals surface area contributed by atoms with Crippen molar-refractivity contribution in [3.63, 3.8) is 0 Å². The molecule has 1 N–H and O–H groups in total. The Morgan fingerprint density at radius 3 is 1.52 bits per heavy atom. The lowest BCUT2D eigenvalue weighted by molar-refractivity contribution is 0.00171. The molecule has 0 spiro atoms. The van der Waals surface area contributed by atoms with Crippen molar-refractivity contribution >= 4 is 40.6 Å². The highest BCUT2D eigenvalue weighted by atomic mass is 31.1. The molecule has 3 saturated heterocycles. The first-order valence-electron chi connectivity index (χ1n) is 27.3. The average Bonchev–Trinajstić information content (AvgIpc) is 3.49. The Bertz CT molecular complexity index is 3390. The maximum absolute atomic E-state index is 16.1. The number of carbonyl (C=O) groups is 1. The first kappa shape index (κ1) is 51.7. The normalized spacial score (nSPS) is 17.4. The zero-order chi connectivity index (χ0) is 53.6. The van der Waals surface area contributed by atoms with Crippen molar-refractivity contribution in [1.82, 2.24) is 15.2 Å². The van der Waals surface area contributed by atoms with E-state index in [1.165, 1.54) is 77.4 Å². The predicted molar refractivity (Wildman–Crippen MR) is 325 cm³/mol. The third-order valence-electron chi connectivity index (χ3n) is 16.1. The summed E-state index contributed by atoms with van der Waals surface area (Å²) in [4.78, 5) is 23.5. The molecule has 0 radical (unpaired) electrons. The van der Waals surface area contributed by atoms with Crippen molar-refractivity contribution in [2.45, 2.75) is 80.3 Å². The third kappa shape index (κ3) is 10.8. The SMILES string of the molecule is C=C[C@H]1CN2CC[C@H]1C[C@H]2[C@@H](NC(=O)c1ccccc1P(c1cc(-c2cc(C)cc(C)c2)cc(-c2cc(C)cc(C)c2)c1)c1cc(-c2cc(C)cc(C)c2)cc(-c2cc(C)cc(C)c2)c1)c1ccnc2ccc(OC)cc12. The third-order valence-corrected chi connectivity index (χ3v) is 18.5. The van der Waals surface area contributed by atoms with Crippen molar-refractivity contribution in [3.8, 4) is 50.3 Å². The molecule has 3 fully saturated rings. The smallest absolute Gasteiger partial charge is 0.252 e. The van der Waals surface area contributed by atoms with Gasteiger partial charge in [-0.3, -0.25) is 14.7 Å². The minimum absolute atomic E-state index is 0.0731. The fourth-order valence-electron chi connectivity index (χ4n) is 12.9. The molecule has 3 aliphatic heterocycles. The number of hydrogen-bond acceptors (Lipinski definition) is 4. The minimum Gasteiger partial charge on any atom is -0.497 e. The quantitative estimate of drug-likeness (QED) is 0.0924. The van der Waals surface area contributed by atoms with E-state index in [-0.39, 0.29) is 18.0 Å². The minimum atomic E-state index is -1.44. The highest BCUT2D eigenvalue weighted by Crippen LogP contribution is 2.45. The van der Waals surface area contributed by atoms with E-state index in [4.69, 9.17) is 9.72 Å². The van der Waals surface area contributed by atoms with E-state index in [1.54, 1.807) is 7.11 Å². The summed E-state index contributed by atoms with van der Waals surface area (Å²) in [7, 11) is 0.269. The van der Waals surface area contributed by atoms with Crippen LogP contribution >= 0.6 is 7.92 Å². The number of piperidine rings is 3. The molecule has 12 rings (SSSR count). The lowest BCUT2D eigenvalue weighted by Gasteiger charge is -2.51. The number of rotatable bonds is 13. The van der Waals surface area contributed by atoms with E-state index in [9.17, 15) is 0 Å². The molecule has 0 aliphatic carbocycles. The van der Waals surface area contributed by atoms with Gasteiger partial charge in [0.1, 0.15) is 5.75 Å². The van der Waals surface area contributed by atoms with Gasteiger partial charge in [0, 0.05) is 29.7 Å². The molecule has 1 aromatic heterocycles. The molecule has 0 saturated carbocycles. The fraction of sp³-hybridized carbons (Fsp3) is 0.239. The van der Waals surface area contributed by atoms with Crippen LogP contribution in [0.15, 0.2) is 177 Å². The highest BCUT2D eigenvalue weighted by molar-refractivity contribution is 7.80. The van der Waals surface area contributed by atoms with Crippen molar-refractivity contribution in [3.05, 3.63) is 232 Å². The molecule has 3 aliphatic rings. The van der Waals surface area contributed by atoms with E-state index in [0.29, 0.717) is 17.4 Å². The number of aryl methyl sites for hydroxylation is 8. The predicted octanol–water partition coefficient (Wildman–Crippen LogP) is 15.5. The van der Waals surface area contributed by atoms with Crippen LogP contribution in [0, 0.1) is 67.2 Å². The van der Waals surface area contributed by atoms with E-state index >= 15 is 4.79 Å². The van der Waals surface area contributed by atoms with Crippen LogP contribution in [0.3, 0.4) is 0 Å². The van der Waals surface area contributed by atoms with Crippen LogP contribution in [-0.4, -0.2) is 42.0 Å². The number of amides is 1.